The number of unbranched alkanes of at least 4 members (excludes halogenated alkanes) is 1. The van der Waals surface area contributed by atoms with Gasteiger partial charge in [0.15, 0.2) is 0 Å². The van der Waals surface area contributed by atoms with Crippen molar-refractivity contribution in [2.75, 3.05) is 0 Å². The minimum absolute atomic E-state index is 1.19. The molecule has 0 aliphatic heterocycles. The van der Waals surface area contributed by atoms with E-state index in [0.29, 0.717) is 0 Å². The quantitative estimate of drug-likeness (QED) is 0.638. The molecular weight excluding hydrogens is 188 g/mol. The van der Waals surface area contributed by atoms with Crippen LogP contribution in [0, 0.1) is 6.92 Å². The average Bonchev–Trinajstić information content (AvgIpc) is 2.18. The Labute approximate surface area is 91.4 Å². The van der Waals surface area contributed by atoms with Crippen LogP contribution in [0.5, 0.6) is 0 Å². The molecule has 1 heteroatoms. The SMILES string of the molecule is CCCC=C(C)Sc1ccccc1C. The number of allylic oxidation sites excluding steroid dienone is 2. The molecule has 1 aromatic rings. The third-order valence-corrected chi connectivity index (χ3v) is 3.25. The summed E-state index contributed by atoms with van der Waals surface area (Å²) in [6, 6.07) is 8.53. The van der Waals surface area contributed by atoms with Crippen molar-refractivity contribution in [1.29, 1.82) is 0 Å². The molecule has 0 aliphatic rings. The highest BCUT2D eigenvalue weighted by molar-refractivity contribution is 8.03. The van der Waals surface area contributed by atoms with Crippen LogP contribution in [0.2, 0.25) is 0 Å². The topological polar surface area (TPSA) is 0 Å². The minimum atomic E-state index is 1.19. The fourth-order valence-electron chi connectivity index (χ4n) is 1.23. The predicted molar refractivity (Wildman–Crippen MR) is 65.7 cm³/mol. The highest BCUT2D eigenvalue weighted by Gasteiger charge is 1.98. The molecular formula is C13H18S. The molecule has 0 atom stereocenters. The molecule has 0 aliphatic carbocycles. The van der Waals surface area contributed by atoms with E-state index in [4.69, 9.17) is 0 Å². The van der Waals surface area contributed by atoms with Crippen LogP contribution >= 0.6 is 11.8 Å². The van der Waals surface area contributed by atoms with Gasteiger partial charge >= 0.3 is 0 Å². The van der Waals surface area contributed by atoms with Crippen molar-refractivity contribution < 1.29 is 0 Å². The van der Waals surface area contributed by atoms with Crippen molar-refractivity contribution in [3.05, 3.63) is 40.8 Å². The van der Waals surface area contributed by atoms with Crippen LogP contribution in [0.25, 0.3) is 0 Å². The Bertz CT molecular complexity index is 313. The molecule has 76 valence electrons. The maximum atomic E-state index is 2.32. The van der Waals surface area contributed by atoms with E-state index in [1.54, 1.807) is 0 Å². The summed E-state index contributed by atoms with van der Waals surface area (Å²) in [5.74, 6) is 0. The Hall–Kier alpha value is -0.690. The summed E-state index contributed by atoms with van der Waals surface area (Å²) in [7, 11) is 0. The van der Waals surface area contributed by atoms with Gasteiger partial charge in [-0.2, -0.15) is 0 Å². The normalized spacial score (nSPS) is 11.8. The summed E-state index contributed by atoms with van der Waals surface area (Å²) >= 11 is 1.87. The first kappa shape index (κ1) is 11.4. The molecule has 0 radical (unpaired) electrons. The highest BCUT2D eigenvalue weighted by atomic mass is 32.2. The summed E-state index contributed by atoms with van der Waals surface area (Å²) in [6.45, 7) is 6.56. The summed E-state index contributed by atoms with van der Waals surface area (Å²) in [5, 5.41) is 0. The smallest absolute Gasteiger partial charge is 0.0148 e. The van der Waals surface area contributed by atoms with E-state index in [1.807, 2.05) is 11.8 Å². The maximum absolute atomic E-state index is 2.32. The molecule has 14 heavy (non-hydrogen) atoms. The predicted octanol–water partition coefficient (Wildman–Crippen LogP) is 4.79. The van der Waals surface area contributed by atoms with Gasteiger partial charge in [-0.25, -0.2) is 0 Å². The van der Waals surface area contributed by atoms with Crippen molar-refractivity contribution in [3.63, 3.8) is 0 Å². The Morgan fingerprint density at radius 3 is 2.71 bits per heavy atom. The molecule has 0 amide bonds. The van der Waals surface area contributed by atoms with Gasteiger partial charge in [0.25, 0.3) is 0 Å². The number of rotatable bonds is 4. The van der Waals surface area contributed by atoms with Crippen LogP contribution in [0.1, 0.15) is 32.3 Å². The lowest BCUT2D eigenvalue weighted by Crippen LogP contribution is -1.78. The molecule has 0 heterocycles. The first-order valence-corrected chi connectivity index (χ1v) is 5.96. The standard InChI is InChI=1S/C13H18S/c1-4-5-9-12(3)14-13-10-7-6-8-11(13)2/h6-10H,4-5H2,1-3H3. The van der Waals surface area contributed by atoms with E-state index in [1.165, 1.54) is 28.2 Å². The molecule has 0 unspecified atom stereocenters. The van der Waals surface area contributed by atoms with Crippen LogP contribution in [0.15, 0.2) is 40.1 Å². The lowest BCUT2D eigenvalue weighted by Gasteiger charge is -2.04. The third kappa shape index (κ3) is 3.59. The Morgan fingerprint density at radius 2 is 2.07 bits per heavy atom. The summed E-state index contributed by atoms with van der Waals surface area (Å²) < 4.78 is 0. The molecule has 0 spiro atoms. The molecule has 0 saturated carbocycles. The zero-order valence-corrected chi connectivity index (χ0v) is 10.0. The van der Waals surface area contributed by atoms with Crippen molar-refractivity contribution >= 4 is 11.8 Å². The van der Waals surface area contributed by atoms with E-state index in [0.717, 1.165) is 0 Å². The van der Waals surface area contributed by atoms with Crippen LogP contribution < -0.4 is 0 Å². The number of benzene rings is 1. The Morgan fingerprint density at radius 1 is 1.36 bits per heavy atom. The van der Waals surface area contributed by atoms with Crippen LogP contribution in [-0.2, 0) is 0 Å². The van der Waals surface area contributed by atoms with E-state index in [-0.39, 0.29) is 0 Å². The molecule has 0 aromatic heterocycles. The average molecular weight is 206 g/mol. The maximum Gasteiger partial charge on any atom is 0.0148 e. The molecule has 1 rings (SSSR count). The monoisotopic (exact) mass is 206 g/mol. The molecule has 0 saturated heterocycles. The Kier molecular flexibility index (Phi) is 4.81. The van der Waals surface area contributed by atoms with Crippen molar-refractivity contribution in [3.8, 4) is 0 Å². The van der Waals surface area contributed by atoms with Gasteiger partial charge < -0.3 is 0 Å². The van der Waals surface area contributed by atoms with E-state index < -0.39 is 0 Å². The largest absolute Gasteiger partial charge is 0.0949 e. The second-order valence-corrected chi connectivity index (χ2v) is 4.76. The van der Waals surface area contributed by atoms with Gasteiger partial charge in [0.1, 0.15) is 0 Å². The minimum Gasteiger partial charge on any atom is -0.0949 e. The lowest BCUT2D eigenvalue weighted by molar-refractivity contribution is 0.955. The summed E-state index contributed by atoms with van der Waals surface area (Å²) in [5.41, 5.74) is 1.36. The van der Waals surface area contributed by atoms with Gasteiger partial charge in [0, 0.05) is 4.90 Å². The highest BCUT2D eigenvalue weighted by Crippen LogP contribution is 2.28. The van der Waals surface area contributed by atoms with Crippen LogP contribution in [0.3, 0.4) is 0 Å². The fraction of sp³-hybridized carbons (Fsp3) is 0.385. The first-order valence-electron chi connectivity index (χ1n) is 5.14. The second-order valence-electron chi connectivity index (χ2n) is 3.47. The van der Waals surface area contributed by atoms with Crippen LogP contribution in [-0.4, -0.2) is 0 Å². The van der Waals surface area contributed by atoms with Gasteiger partial charge in [0.05, 0.1) is 0 Å². The van der Waals surface area contributed by atoms with E-state index in [9.17, 15) is 0 Å². The van der Waals surface area contributed by atoms with Crippen molar-refractivity contribution in [2.24, 2.45) is 0 Å². The number of hydrogen-bond donors (Lipinski definition) is 0. The molecule has 0 N–H and O–H groups in total. The van der Waals surface area contributed by atoms with Gasteiger partial charge in [0.2, 0.25) is 0 Å². The third-order valence-electron chi connectivity index (χ3n) is 2.09. The van der Waals surface area contributed by atoms with Crippen LogP contribution in [0.4, 0.5) is 0 Å². The van der Waals surface area contributed by atoms with Gasteiger partial charge in [-0.15, -0.1) is 0 Å². The number of hydrogen-bond acceptors (Lipinski definition) is 1. The molecule has 0 bridgehead atoms. The summed E-state index contributed by atoms with van der Waals surface area (Å²) in [4.78, 5) is 2.78. The second kappa shape index (κ2) is 5.92. The van der Waals surface area contributed by atoms with Gasteiger partial charge in [-0.05, 0) is 36.8 Å². The van der Waals surface area contributed by atoms with Crippen molar-refractivity contribution in [2.45, 2.75) is 38.5 Å². The van der Waals surface area contributed by atoms with E-state index in [2.05, 4.69) is 51.1 Å². The first-order chi connectivity index (χ1) is 6.74. The molecule has 1 aromatic carbocycles. The summed E-state index contributed by atoms with van der Waals surface area (Å²) in [6.07, 6.45) is 4.73. The van der Waals surface area contributed by atoms with Crippen molar-refractivity contribution in [1.82, 2.24) is 0 Å². The lowest BCUT2D eigenvalue weighted by atomic mass is 10.2. The fourth-order valence-corrected chi connectivity index (χ4v) is 2.16. The number of aryl methyl sites for hydroxylation is 1. The molecule has 0 nitrogen and oxygen atoms in total. The Balaban J connectivity index is 2.64. The van der Waals surface area contributed by atoms with Gasteiger partial charge in [-0.3, -0.25) is 0 Å². The van der Waals surface area contributed by atoms with E-state index >= 15 is 0 Å². The van der Waals surface area contributed by atoms with Gasteiger partial charge in [-0.1, -0.05) is 49.4 Å². The zero-order chi connectivity index (χ0) is 10.4. The zero-order valence-electron chi connectivity index (χ0n) is 9.21. The molecule has 0 fully saturated rings. The number of thioether (sulfide) groups is 1.